The van der Waals surface area contributed by atoms with Gasteiger partial charge in [0.15, 0.2) is 18.2 Å². The molecular formula is C57H107O64P. The first kappa shape index (κ1) is 116. The molecule has 8 N–H and O–H groups in total. The third-order valence-electron chi connectivity index (χ3n) is 15.4. The summed E-state index contributed by atoms with van der Waals surface area (Å²) in [6.07, 6.45) is 16.5. The van der Waals surface area contributed by atoms with Gasteiger partial charge in [0.05, 0.1) is 32.3 Å². The molecule has 0 aromatic carbocycles. The fourth-order valence-electron chi connectivity index (χ4n) is 9.65. The number of unbranched alkanes of at least 4 members (excludes halogenated alkanes) is 28. The molecule has 0 aliphatic carbocycles. The predicted molar refractivity (Wildman–Crippen MR) is 342 cm³/mol. The number of hydrogen-bond acceptors (Lipinski definition) is 63. The van der Waals surface area contributed by atoms with Crippen molar-refractivity contribution < 1.29 is 319 Å². The molecule has 1 saturated heterocycles. The SMILES string of the molecule is CCCCCCCCCCCCCCCCCC(=O)OCC(COP(=O)(O)OCCCC(=O)OOOOOOOOOOOOOOOOOOOOOOOOOOOOOOOOOOOOOOOOOOOOOCC(=O)[C@@H](O)C(O)C(OC1O[C@@H](CC)[C@@H](O)[C@@H](O)[C@H]1O)[C@@H](O)CO)OC(=O)CCCCCCCCCCCCCCCCC. The Labute approximate surface area is 688 Å². The zero-order valence-corrected chi connectivity index (χ0v) is 66.8. The summed E-state index contributed by atoms with van der Waals surface area (Å²) in [6, 6.07) is 0. The summed E-state index contributed by atoms with van der Waals surface area (Å²) in [7, 11) is -4.79. The number of rotatable bonds is 97. The highest BCUT2D eigenvalue weighted by atomic mass is 31.2. The quantitative estimate of drug-likeness (QED) is 0.0120. The van der Waals surface area contributed by atoms with Crippen LogP contribution in [0.15, 0.2) is 0 Å². The van der Waals surface area contributed by atoms with Crippen molar-refractivity contribution in [1.29, 1.82) is 0 Å². The lowest BCUT2D eigenvalue weighted by atomic mass is 9.96. The average Bonchev–Trinajstić information content (AvgIpc) is 0.804. The van der Waals surface area contributed by atoms with Crippen LogP contribution in [0.2, 0.25) is 0 Å². The number of carbonyl (C=O) groups excluding carboxylic acids is 4. The molecule has 122 heavy (non-hydrogen) atoms. The van der Waals surface area contributed by atoms with Crippen LogP contribution in [0.4, 0.5) is 0 Å². The minimum Gasteiger partial charge on any atom is -0.462 e. The summed E-state index contributed by atoms with van der Waals surface area (Å²) in [5.41, 5.74) is 0. The normalized spacial score (nSPS) is 17.3. The number of aliphatic hydroxyl groups excluding tert-OH is 7. The first-order chi connectivity index (χ1) is 59.5. The Kier molecular flexibility index (Phi) is 82.3. The van der Waals surface area contributed by atoms with Gasteiger partial charge in [0.25, 0.3) is 0 Å². The summed E-state index contributed by atoms with van der Waals surface area (Å²) in [6.45, 7) is 2.11. The fraction of sp³-hybridized carbons (Fsp3) is 0.930. The first-order valence-corrected chi connectivity index (χ1v) is 39.0. The van der Waals surface area contributed by atoms with Crippen molar-refractivity contribution in [3.05, 3.63) is 0 Å². The maximum atomic E-state index is 12.9. The molecule has 0 saturated carbocycles. The topological polar surface area (TPSA) is 718 Å². The number of carbonyl (C=O) groups is 4. The molecule has 1 fully saturated rings. The Morgan fingerprint density at radius 2 is 0.672 bits per heavy atom. The van der Waals surface area contributed by atoms with Crippen LogP contribution >= 0.6 is 7.82 Å². The van der Waals surface area contributed by atoms with E-state index in [1.165, 1.54) is 128 Å². The van der Waals surface area contributed by atoms with Crippen molar-refractivity contribution in [2.75, 3.05) is 33.0 Å². The van der Waals surface area contributed by atoms with E-state index in [0.29, 0.717) is 12.8 Å². The number of phosphoric acid groups is 1. The number of aliphatic hydroxyl groups is 7. The molecule has 0 aromatic heterocycles. The van der Waals surface area contributed by atoms with Gasteiger partial charge < -0.3 is 59.6 Å². The third kappa shape index (κ3) is 72.0. The van der Waals surface area contributed by atoms with Crippen LogP contribution in [0.1, 0.15) is 245 Å². The lowest BCUT2D eigenvalue weighted by Gasteiger charge is -2.42. The molecule has 64 nitrogen and oxygen atoms in total. The molecule has 0 bridgehead atoms. The highest BCUT2D eigenvalue weighted by Gasteiger charge is 2.47. The van der Waals surface area contributed by atoms with E-state index in [1.54, 1.807) is 6.92 Å². The molecule has 0 amide bonds. The van der Waals surface area contributed by atoms with Gasteiger partial charge >= 0.3 is 25.7 Å². The van der Waals surface area contributed by atoms with Gasteiger partial charge in [-0.3, -0.25) is 28.3 Å². The fourth-order valence-corrected chi connectivity index (χ4v) is 10.4. The average molecular weight is 1850 g/mol. The Morgan fingerprint density at radius 1 is 0.361 bits per heavy atom. The number of Topliss-reactive ketones (excluding diaryl/α,β-unsaturated/α-hetero) is 1. The van der Waals surface area contributed by atoms with E-state index in [0.717, 1.165) is 51.4 Å². The van der Waals surface area contributed by atoms with E-state index in [2.05, 4.69) is 240 Å². The summed E-state index contributed by atoms with van der Waals surface area (Å²) in [4.78, 5) is 68.4. The van der Waals surface area contributed by atoms with E-state index in [9.17, 15) is 64.4 Å². The van der Waals surface area contributed by atoms with Crippen molar-refractivity contribution in [2.45, 2.75) is 307 Å². The minimum atomic E-state index is -4.79. The molecule has 1 aliphatic heterocycles. The van der Waals surface area contributed by atoms with Crippen LogP contribution < -0.4 is 0 Å². The molecule has 11 atom stereocenters. The van der Waals surface area contributed by atoms with Crippen LogP contribution in [-0.2, 0) is 278 Å². The van der Waals surface area contributed by atoms with E-state index < -0.39 is 132 Å². The van der Waals surface area contributed by atoms with Crippen LogP contribution in [0.5, 0.6) is 0 Å². The molecule has 1 heterocycles. The van der Waals surface area contributed by atoms with Gasteiger partial charge in [-0.2, -0.15) is 4.89 Å². The van der Waals surface area contributed by atoms with Gasteiger partial charge in [-0.05, 0) is 66.0 Å². The molecule has 65 heteroatoms. The number of ketones is 1. The zero-order chi connectivity index (χ0) is 88.9. The second kappa shape index (κ2) is 86.5. The van der Waals surface area contributed by atoms with Gasteiger partial charge in [-0.25, -0.2) is 9.36 Å². The number of ether oxygens (including phenoxy) is 4. The second-order valence-corrected chi connectivity index (χ2v) is 25.7. The number of esters is 2. The maximum absolute atomic E-state index is 12.9. The van der Waals surface area contributed by atoms with E-state index >= 15 is 0 Å². The Bertz CT molecular complexity index is 2360. The molecule has 1 rings (SSSR count). The molecule has 724 valence electrons. The summed E-state index contributed by atoms with van der Waals surface area (Å²) in [5, 5.41) is 226. The Balaban J connectivity index is 1.96. The van der Waals surface area contributed by atoms with E-state index in [1.807, 2.05) is 0 Å². The molecule has 1 aliphatic rings. The van der Waals surface area contributed by atoms with Gasteiger partial charge in [0, 0.05) is 189 Å². The Hall–Kier alpha value is -3.93. The number of hydrogen-bond donors (Lipinski definition) is 8. The Morgan fingerprint density at radius 3 is 1.01 bits per heavy atom. The van der Waals surface area contributed by atoms with Crippen molar-refractivity contribution in [1.82, 2.24) is 0 Å². The lowest BCUT2D eigenvalue weighted by molar-refractivity contribution is -0.909. The van der Waals surface area contributed by atoms with Gasteiger partial charge in [0.1, 0.15) is 55.9 Å². The third-order valence-corrected chi connectivity index (χ3v) is 16.3. The highest BCUT2D eigenvalue weighted by molar-refractivity contribution is 7.47. The smallest absolute Gasteiger partial charge is 0.462 e. The number of phosphoric ester groups is 1. The first-order valence-electron chi connectivity index (χ1n) is 37.5. The highest BCUT2D eigenvalue weighted by Crippen LogP contribution is 2.43. The maximum Gasteiger partial charge on any atom is 0.472 e. The van der Waals surface area contributed by atoms with Gasteiger partial charge in [-0.1, -0.05) is 201 Å². The van der Waals surface area contributed by atoms with Crippen molar-refractivity contribution in [3.63, 3.8) is 0 Å². The standard InChI is InChI=1S/C57H107O64P/c1-4-7-9-11-13-15-17-19-21-23-25-27-29-31-33-36-48(61)71-41-44(75-49(62)37-34-32-30-28-26-24-22-20-18-16-14-12-10-8-5-2)42-74-122(69,70)73-39-35-38-50(63)78-80-82-84-86-88-90-92-94-96-98-100-102-104-106-108-110-112-114-116-118-120-121-119-117-115-113-111-109-107-105-103-101-99-97-95-93-91-89-87-85-83-81-79-72-43-46(60)51(64)54(67)56(45(59)40-58)77-57-55(68)53(66)52(65)47(6-3)76-57/h44-45,47,51-59,64-68H,4-43H2,1-3H3,(H,69,70)/t44?,45-,47-,51+,52+,53+,54?,55+,56?,57?/m0/s1. The lowest BCUT2D eigenvalue weighted by Crippen LogP contribution is -2.61. The van der Waals surface area contributed by atoms with Crippen LogP contribution in [0, 0.1) is 0 Å². The largest absolute Gasteiger partial charge is 0.472 e. The van der Waals surface area contributed by atoms with Crippen LogP contribution in [0.25, 0.3) is 0 Å². The van der Waals surface area contributed by atoms with Crippen molar-refractivity contribution in [3.8, 4) is 0 Å². The van der Waals surface area contributed by atoms with Crippen LogP contribution in [0.3, 0.4) is 0 Å². The van der Waals surface area contributed by atoms with Crippen molar-refractivity contribution in [2.24, 2.45) is 0 Å². The molecule has 5 unspecified atom stereocenters. The molecule has 0 spiro atoms. The minimum absolute atomic E-state index is 0.0904. The monoisotopic (exact) mass is 1850 g/mol. The molecule has 0 radical (unpaired) electrons. The van der Waals surface area contributed by atoms with E-state index in [4.69, 9.17) is 28.0 Å². The van der Waals surface area contributed by atoms with Gasteiger partial charge in [-0.15, -0.1) is 0 Å². The van der Waals surface area contributed by atoms with E-state index in [-0.39, 0.29) is 25.7 Å². The van der Waals surface area contributed by atoms with Gasteiger partial charge in [0.2, 0.25) is 0 Å². The van der Waals surface area contributed by atoms with Crippen LogP contribution in [-0.4, -0.2) is 159 Å². The summed E-state index contributed by atoms with van der Waals surface area (Å²) >= 11 is 0. The zero-order valence-electron chi connectivity index (χ0n) is 65.9. The molecule has 0 aromatic rings. The molecular weight excluding hydrogens is 1740 g/mol. The predicted octanol–water partition coefficient (Wildman–Crippen LogP) is 5.66. The summed E-state index contributed by atoms with van der Waals surface area (Å²) in [5.74, 6) is -3.58. The van der Waals surface area contributed by atoms with Crippen molar-refractivity contribution >= 4 is 31.5 Å². The second-order valence-electron chi connectivity index (χ2n) is 24.2. The summed E-state index contributed by atoms with van der Waals surface area (Å²) < 4.78 is 44.2.